The van der Waals surface area contributed by atoms with Crippen LogP contribution >= 0.6 is 0 Å². The smallest absolute Gasteiger partial charge is 0.407 e. The molecule has 7 nitrogen and oxygen atoms in total. The van der Waals surface area contributed by atoms with Crippen molar-refractivity contribution in [2.45, 2.75) is 57.4 Å². The lowest BCUT2D eigenvalue weighted by molar-refractivity contribution is 0.0211. The summed E-state index contributed by atoms with van der Waals surface area (Å²) in [5.41, 5.74) is -2.43. The molecule has 1 atom stereocenters. The van der Waals surface area contributed by atoms with Crippen LogP contribution in [0.25, 0.3) is 11.0 Å². The SMILES string of the molecule is CC(C)(C)N(C(=O)O)C1CCN(C[C@@]2(F)Cn3c(=O)ccc4ncc(F)c2c43)CC1. The monoisotopic (exact) mass is 420 g/mol. The molecule has 0 aliphatic carbocycles. The highest BCUT2D eigenvalue weighted by Gasteiger charge is 2.46. The highest BCUT2D eigenvalue weighted by Crippen LogP contribution is 2.41. The number of rotatable bonds is 3. The Balaban J connectivity index is 1.55. The van der Waals surface area contributed by atoms with Gasteiger partial charge in [0.15, 0.2) is 5.67 Å². The second-order valence-electron chi connectivity index (χ2n) is 9.27. The Kier molecular flexibility index (Phi) is 4.84. The zero-order valence-corrected chi connectivity index (χ0v) is 17.4. The summed E-state index contributed by atoms with van der Waals surface area (Å²) >= 11 is 0. The number of alkyl halides is 1. The zero-order chi connectivity index (χ0) is 21.8. The van der Waals surface area contributed by atoms with Crippen molar-refractivity contribution in [3.8, 4) is 0 Å². The molecule has 0 aromatic carbocycles. The van der Waals surface area contributed by atoms with Gasteiger partial charge in [-0.15, -0.1) is 0 Å². The number of carboxylic acid groups (broad SMARTS) is 1. The van der Waals surface area contributed by atoms with Crippen LogP contribution in [-0.4, -0.2) is 61.8 Å². The van der Waals surface area contributed by atoms with Gasteiger partial charge in [0.1, 0.15) is 5.82 Å². The number of piperidine rings is 1. The van der Waals surface area contributed by atoms with Gasteiger partial charge < -0.3 is 14.6 Å². The van der Waals surface area contributed by atoms with Crippen LogP contribution in [0.5, 0.6) is 0 Å². The molecule has 162 valence electrons. The molecule has 0 spiro atoms. The first kappa shape index (κ1) is 20.7. The van der Waals surface area contributed by atoms with Crippen molar-refractivity contribution in [2.24, 2.45) is 0 Å². The molecule has 4 heterocycles. The first-order chi connectivity index (χ1) is 14.0. The van der Waals surface area contributed by atoms with Gasteiger partial charge in [-0.2, -0.15) is 0 Å². The van der Waals surface area contributed by atoms with Crippen molar-refractivity contribution in [1.29, 1.82) is 0 Å². The largest absolute Gasteiger partial charge is 0.465 e. The van der Waals surface area contributed by atoms with E-state index in [1.54, 1.807) is 0 Å². The minimum atomic E-state index is -2.04. The van der Waals surface area contributed by atoms with Gasteiger partial charge in [0.2, 0.25) is 0 Å². The number of likely N-dealkylation sites (tertiary alicyclic amines) is 1. The van der Waals surface area contributed by atoms with E-state index in [1.807, 2.05) is 25.7 Å². The van der Waals surface area contributed by atoms with Crippen LogP contribution in [0.4, 0.5) is 13.6 Å². The second-order valence-corrected chi connectivity index (χ2v) is 9.27. The number of aromatic nitrogens is 2. The quantitative estimate of drug-likeness (QED) is 0.826. The third kappa shape index (κ3) is 3.34. The Morgan fingerprint density at radius 3 is 2.60 bits per heavy atom. The van der Waals surface area contributed by atoms with Gasteiger partial charge in [0.25, 0.3) is 5.56 Å². The molecule has 0 saturated carbocycles. The normalized spacial score (nSPS) is 22.6. The third-order valence-corrected chi connectivity index (χ3v) is 6.14. The average molecular weight is 420 g/mol. The van der Waals surface area contributed by atoms with Crippen molar-refractivity contribution in [2.75, 3.05) is 19.6 Å². The third-order valence-electron chi connectivity index (χ3n) is 6.14. The van der Waals surface area contributed by atoms with Crippen LogP contribution in [0.1, 0.15) is 39.2 Å². The summed E-state index contributed by atoms with van der Waals surface area (Å²) in [7, 11) is 0. The number of halogens is 2. The van der Waals surface area contributed by atoms with Gasteiger partial charge in [-0.1, -0.05) is 0 Å². The fourth-order valence-electron chi connectivity index (χ4n) is 4.96. The van der Waals surface area contributed by atoms with E-state index in [-0.39, 0.29) is 35.8 Å². The summed E-state index contributed by atoms with van der Waals surface area (Å²) in [5, 5.41) is 9.61. The number of hydrogen-bond donors (Lipinski definition) is 1. The van der Waals surface area contributed by atoms with Crippen molar-refractivity contribution in [1.82, 2.24) is 19.4 Å². The number of carbonyl (C=O) groups is 1. The lowest BCUT2D eigenvalue weighted by atomic mass is 9.93. The first-order valence-electron chi connectivity index (χ1n) is 10.1. The van der Waals surface area contributed by atoms with Gasteiger partial charge in [0, 0.05) is 37.3 Å². The van der Waals surface area contributed by atoms with Crippen LogP contribution in [0.15, 0.2) is 23.1 Å². The fourth-order valence-corrected chi connectivity index (χ4v) is 4.96. The van der Waals surface area contributed by atoms with Crippen molar-refractivity contribution >= 4 is 17.1 Å². The van der Waals surface area contributed by atoms with Crippen LogP contribution in [0.3, 0.4) is 0 Å². The molecule has 1 amide bonds. The molecule has 2 aliphatic rings. The Labute approximate surface area is 172 Å². The molecule has 2 aromatic rings. The maximum absolute atomic E-state index is 16.1. The highest BCUT2D eigenvalue weighted by atomic mass is 19.1. The standard InChI is InChI=1S/C21H26F2N4O3/c1-20(2,3)27(19(29)30)13-6-8-25(9-7-13)11-21(23)12-26-16(28)5-4-15-18(26)17(21)14(22)10-24-15/h4-5,10,13H,6-9,11-12H2,1-3H3,(H,29,30)/t21-/m1/s1. The Morgan fingerprint density at radius 1 is 1.33 bits per heavy atom. The van der Waals surface area contributed by atoms with E-state index in [2.05, 4.69) is 4.98 Å². The molecule has 9 heteroatoms. The van der Waals surface area contributed by atoms with E-state index in [4.69, 9.17) is 0 Å². The Bertz CT molecular complexity index is 1060. The van der Waals surface area contributed by atoms with E-state index in [0.717, 1.165) is 6.20 Å². The molecule has 0 unspecified atom stereocenters. The molecular weight excluding hydrogens is 394 g/mol. The predicted molar refractivity (Wildman–Crippen MR) is 108 cm³/mol. The molecule has 0 radical (unpaired) electrons. The molecule has 1 fully saturated rings. The minimum absolute atomic E-state index is 0.0561. The maximum atomic E-state index is 16.1. The van der Waals surface area contributed by atoms with E-state index in [1.165, 1.54) is 21.6 Å². The van der Waals surface area contributed by atoms with Gasteiger partial charge in [0.05, 0.1) is 29.3 Å². The fraction of sp³-hybridized carbons (Fsp3) is 0.571. The lowest BCUT2D eigenvalue weighted by Crippen LogP contribution is -2.55. The molecule has 2 aliphatic heterocycles. The number of amides is 1. The summed E-state index contributed by atoms with van der Waals surface area (Å²) in [6.45, 7) is 6.26. The van der Waals surface area contributed by atoms with Crippen LogP contribution in [0.2, 0.25) is 0 Å². The van der Waals surface area contributed by atoms with Gasteiger partial charge in [-0.25, -0.2) is 13.6 Å². The minimum Gasteiger partial charge on any atom is -0.465 e. The number of hydrogen-bond acceptors (Lipinski definition) is 4. The predicted octanol–water partition coefficient (Wildman–Crippen LogP) is 2.96. The Morgan fingerprint density at radius 2 is 2.00 bits per heavy atom. The van der Waals surface area contributed by atoms with Crippen molar-refractivity contribution in [3.05, 3.63) is 40.1 Å². The second kappa shape index (κ2) is 7.01. The summed E-state index contributed by atoms with van der Waals surface area (Å²) in [6, 6.07) is 2.66. The highest BCUT2D eigenvalue weighted by molar-refractivity contribution is 5.81. The molecule has 1 saturated heterocycles. The van der Waals surface area contributed by atoms with Crippen LogP contribution in [0, 0.1) is 5.82 Å². The van der Waals surface area contributed by atoms with Crippen molar-refractivity contribution < 1.29 is 18.7 Å². The molecular formula is C21H26F2N4O3. The topological polar surface area (TPSA) is 78.7 Å². The lowest BCUT2D eigenvalue weighted by Gasteiger charge is -2.44. The average Bonchev–Trinajstić information content (AvgIpc) is 2.95. The number of pyridine rings is 2. The first-order valence-corrected chi connectivity index (χ1v) is 10.1. The molecule has 1 N–H and O–H groups in total. The summed E-state index contributed by atoms with van der Waals surface area (Å²) in [6.07, 6.45) is 1.18. The van der Waals surface area contributed by atoms with Gasteiger partial charge >= 0.3 is 6.09 Å². The Hall–Kier alpha value is -2.55. The zero-order valence-electron chi connectivity index (χ0n) is 17.4. The van der Waals surface area contributed by atoms with E-state index < -0.39 is 23.1 Å². The number of nitrogens with zero attached hydrogens (tertiary/aromatic N) is 4. The van der Waals surface area contributed by atoms with Crippen LogP contribution < -0.4 is 5.56 Å². The van der Waals surface area contributed by atoms with E-state index in [9.17, 15) is 19.1 Å². The molecule has 2 aromatic heterocycles. The van der Waals surface area contributed by atoms with E-state index in [0.29, 0.717) is 31.4 Å². The molecule has 0 bridgehead atoms. The molecule has 4 rings (SSSR count). The summed E-state index contributed by atoms with van der Waals surface area (Å²) in [5.74, 6) is -0.749. The van der Waals surface area contributed by atoms with E-state index >= 15 is 4.39 Å². The molecule has 30 heavy (non-hydrogen) atoms. The van der Waals surface area contributed by atoms with Gasteiger partial charge in [-0.3, -0.25) is 14.7 Å². The maximum Gasteiger partial charge on any atom is 0.407 e. The van der Waals surface area contributed by atoms with Gasteiger partial charge in [-0.05, 0) is 39.7 Å². The van der Waals surface area contributed by atoms with Crippen LogP contribution in [-0.2, 0) is 12.2 Å². The summed E-state index contributed by atoms with van der Waals surface area (Å²) < 4.78 is 32.0. The van der Waals surface area contributed by atoms with Crippen molar-refractivity contribution in [3.63, 3.8) is 0 Å². The summed E-state index contributed by atoms with van der Waals surface area (Å²) in [4.78, 5) is 31.3.